The van der Waals surface area contributed by atoms with Gasteiger partial charge in [-0.25, -0.2) is 9.97 Å². The zero-order valence-corrected chi connectivity index (χ0v) is 16.1. The Bertz CT molecular complexity index is 1060. The van der Waals surface area contributed by atoms with Crippen LogP contribution in [0.25, 0.3) is 22.2 Å². The van der Waals surface area contributed by atoms with Crippen LogP contribution in [0.4, 0.5) is 5.13 Å². The molecule has 0 fully saturated rings. The van der Waals surface area contributed by atoms with Gasteiger partial charge in [-0.05, 0) is 6.07 Å². The highest BCUT2D eigenvalue weighted by atomic mass is 32.1. The van der Waals surface area contributed by atoms with Gasteiger partial charge in [0.15, 0.2) is 5.13 Å². The van der Waals surface area contributed by atoms with E-state index >= 15 is 0 Å². The molecule has 5 nitrogen and oxygen atoms in total. The first kappa shape index (κ1) is 16.9. The molecule has 0 saturated heterocycles. The number of fused-ring (bicyclic) bond motifs is 1. The summed E-state index contributed by atoms with van der Waals surface area (Å²) in [4.78, 5) is 24.6. The van der Waals surface area contributed by atoms with Crippen molar-refractivity contribution < 1.29 is 4.79 Å². The molecule has 0 spiro atoms. The van der Waals surface area contributed by atoms with Crippen LogP contribution in [-0.2, 0) is 11.2 Å². The zero-order valence-electron chi connectivity index (χ0n) is 14.4. The summed E-state index contributed by atoms with van der Waals surface area (Å²) in [6.45, 7) is 4.20. The van der Waals surface area contributed by atoms with E-state index in [0.717, 1.165) is 32.9 Å². The van der Waals surface area contributed by atoms with Crippen molar-refractivity contribution in [3.8, 4) is 11.3 Å². The van der Waals surface area contributed by atoms with E-state index in [2.05, 4.69) is 40.2 Å². The lowest BCUT2D eigenvalue weighted by Gasteiger charge is -2.00. The lowest BCUT2D eigenvalue weighted by Crippen LogP contribution is -2.14. The molecule has 0 unspecified atom stereocenters. The molecule has 0 aliphatic heterocycles. The summed E-state index contributed by atoms with van der Waals surface area (Å²) in [5, 5.41) is 9.59. The predicted molar refractivity (Wildman–Crippen MR) is 108 cm³/mol. The highest BCUT2D eigenvalue weighted by Crippen LogP contribution is 2.31. The Labute approximate surface area is 159 Å². The molecule has 0 saturated carbocycles. The van der Waals surface area contributed by atoms with E-state index in [1.54, 1.807) is 11.3 Å². The number of hydrogen-bond acceptors (Lipinski definition) is 5. The van der Waals surface area contributed by atoms with E-state index in [1.807, 2.05) is 35.2 Å². The van der Waals surface area contributed by atoms with Crippen LogP contribution in [0.3, 0.4) is 0 Å². The molecule has 3 heterocycles. The Kier molecular flexibility index (Phi) is 4.57. The van der Waals surface area contributed by atoms with Gasteiger partial charge >= 0.3 is 0 Å². The molecule has 3 aromatic heterocycles. The lowest BCUT2D eigenvalue weighted by atomic mass is 10.1. The number of nitrogens with one attached hydrogen (secondary N) is 2. The fourth-order valence-corrected chi connectivity index (χ4v) is 4.30. The van der Waals surface area contributed by atoms with Gasteiger partial charge in [-0.15, -0.1) is 22.7 Å². The number of hydrogen-bond donors (Lipinski definition) is 2. The van der Waals surface area contributed by atoms with Gasteiger partial charge < -0.3 is 10.3 Å². The van der Waals surface area contributed by atoms with Crippen molar-refractivity contribution in [3.05, 3.63) is 51.9 Å². The van der Waals surface area contributed by atoms with Crippen molar-refractivity contribution in [1.29, 1.82) is 0 Å². The Morgan fingerprint density at radius 1 is 1.19 bits per heavy atom. The summed E-state index contributed by atoms with van der Waals surface area (Å²) in [6.07, 6.45) is 2.22. The van der Waals surface area contributed by atoms with Gasteiger partial charge in [-0.3, -0.25) is 4.79 Å². The summed E-state index contributed by atoms with van der Waals surface area (Å²) in [5.41, 5.74) is 3.78. The standard InChI is InChI=1S/C19H18N4OS2/c1-11(2)18-21-12(9-25-18)7-17(24)23-19-22-16(10-26-19)14-8-20-15-6-4-3-5-13(14)15/h3-6,8-11,20H,7H2,1-2H3,(H,22,23,24). The molecule has 132 valence electrons. The third kappa shape index (κ3) is 3.40. The van der Waals surface area contributed by atoms with Crippen LogP contribution in [0.2, 0.25) is 0 Å². The molecule has 7 heteroatoms. The number of amides is 1. The van der Waals surface area contributed by atoms with E-state index in [9.17, 15) is 4.79 Å². The van der Waals surface area contributed by atoms with E-state index in [-0.39, 0.29) is 12.3 Å². The van der Waals surface area contributed by atoms with Crippen LogP contribution in [-0.4, -0.2) is 20.9 Å². The maximum absolute atomic E-state index is 12.3. The van der Waals surface area contributed by atoms with Crippen LogP contribution in [0, 0.1) is 0 Å². The number of H-pyrrole nitrogens is 1. The Hall–Kier alpha value is -2.51. The number of nitrogens with zero attached hydrogens (tertiary/aromatic N) is 2. The van der Waals surface area contributed by atoms with Crippen LogP contribution in [0.1, 0.15) is 30.5 Å². The Balaban J connectivity index is 1.47. The fourth-order valence-electron chi connectivity index (χ4n) is 2.74. The van der Waals surface area contributed by atoms with Crippen LogP contribution in [0.5, 0.6) is 0 Å². The molecule has 1 aromatic carbocycles. The normalized spacial score (nSPS) is 11.3. The van der Waals surface area contributed by atoms with E-state index < -0.39 is 0 Å². The maximum atomic E-state index is 12.3. The first-order valence-corrected chi connectivity index (χ1v) is 10.1. The van der Waals surface area contributed by atoms with E-state index in [0.29, 0.717) is 11.0 Å². The number of para-hydroxylation sites is 1. The van der Waals surface area contributed by atoms with Crippen molar-refractivity contribution in [2.24, 2.45) is 0 Å². The third-order valence-corrected chi connectivity index (χ3v) is 5.97. The number of carbonyl (C=O) groups is 1. The first-order valence-electron chi connectivity index (χ1n) is 8.36. The molecule has 0 bridgehead atoms. The van der Waals surface area contributed by atoms with Gasteiger partial charge in [0.1, 0.15) is 0 Å². The predicted octanol–water partition coefficient (Wildman–Crippen LogP) is 5.05. The van der Waals surface area contributed by atoms with Crippen molar-refractivity contribution in [2.75, 3.05) is 5.32 Å². The Morgan fingerprint density at radius 2 is 2.04 bits per heavy atom. The summed E-state index contributed by atoms with van der Waals surface area (Å²) >= 11 is 3.03. The summed E-state index contributed by atoms with van der Waals surface area (Å²) in [6, 6.07) is 8.10. The zero-order chi connectivity index (χ0) is 18.1. The smallest absolute Gasteiger partial charge is 0.232 e. The quantitative estimate of drug-likeness (QED) is 0.507. The highest BCUT2D eigenvalue weighted by Gasteiger charge is 2.13. The summed E-state index contributed by atoms with van der Waals surface area (Å²) in [5.74, 6) is 0.292. The van der Waals surface area contributed by atoms with Crippen LogP contribution >= 0.6 is 22.7 Å². The average Bonchev–Trinajstić information content (AvgIpc) is 3.33. The van der Waals surface area contributed by atoms with Gasteiger partial charge in [0.2, 0.25) is 5.91 Å². The minimum absolute atomic E-state index is 0.0922. The minimum atomic E-state index is -0.0922. The van der Waals surface area contributed by atoms with Crippen molar-refractivity contribution >= 4 is 44.6 Å². The van der Waals surface area contributed by atoms with Crippen molar-refractivity contribution in [2.45, 2.75) is 26.2 Å². The van der Waals surface area contributed by atoms with Crippen LogP contribution in [0.15, 0.2) is 41.2 Å². The second-order valence-corrected chi connectivity index (χ2v) is 8.09. The maximum Gasteiger partial charge on any atom is 0.232 e. The average molecular weight is 383 g/mol. The molecular formula is C19H18N4OS2. The van der Waals surface area contributed by atoms with Crippen molar-refractivity contribution in [1.82, 2.24) is 15.0 Å². The number of aromatic nitrogens is 3. The van der Waals surface area contributed by atoms with Gasteiger partial charge in [0.05, 0.1) is 22.8 Å². The van der Waals surface area contributed by atoms with Gasteiger partial charge in [0, 0.05) is 39.3 Å². The number of anilines is 1. The lowest BCUT2D eigenvalue weighted by molar-refractivity contribution is -0.115. The summed E-state index contributed by atoms with van der Waals surface area (Å²) in [7, 11) is 0. The van der Waals surface area contributed by atoms with Crippen LogP contribution < -0.4 is 5.32 Å². The van der Waals surface area contributed by atoms with E-state index in [1.165, 1.54) is 11.3 Å². The second kappa shape index (κ2) is 7.01. The molecule has 1 amide bonds. The molecule has 0 radical (unpaired) electrons. The summed E-state index contributed by atoms with van der Waals surface area (Å²) < 4.78 is 0. The largest absolute Gasteiger partial charge is 0.360 e. The minimum Gasteiger partial charge on any atom is -0.360 e. The number of thiazole rings is 2. The number of aromatic amines is 1. The van der Waals surface area contributed by atoms with Gasteiger partial charge in [-0.1, -0.05) is 32.0 Å². The SMILES string of the molecule is CC(C)c1nc(CC(=O)Nc2nc(-c3c[nH]c4ccccc34)cs2)cs1. The van der Waals surface area contributed by atoms with Gasteiger partial charge in [0.25, 0.3) is 0 Å². The van der Waals surface area contributed by atoms with Gasteiger partial charge in [-0.2, -0.15) is 0 Å². The molecule has 4 aromatic rings. The monoisotopic (exact) mass is 382 g/mol. The topological polar surface area (TPSA) is 70.7 Å². The molecule has 0 aliphatic carbocycles. The molecule has 26 heavy (non-hydrogen) atoms. The molecule has 0 aliphatic rings. The molecule has 4 rings (SSSR count). The van der Waals surface area contributed by atoms with E-state index in [4.69, 9.17) is 0 Å². The number of benzene rings is 1. The third-order valence-electron chi connectivity index (χ3n) is 4.02. The first-order chi connectivity index (χ1) is 12.6. The van der Waals surface area contributed by atoms with Crippen molar-refractivity contribution in [3.63, 3.8) is 0 Å². The Morgan fingerprint density at radius 3 is 2.85 bits per heavy atom. The highest BCUT2D eigenvalue weighted by molar-refractivity contribution is 7.14. The number of rotatable bonds is 5. The molecule has 2 N–H and O–H groups in total. The second-order valence-electron chi connectivity index (χ2n) is 6.34. The number of carbonyl (C=O) groups excluding carboxylic acids is 1. The molecule has 0 atom stereocenters. The molecular weight excluding hydrogens is 364 g/mol. The fraction of sp³-hybridized carbons (Fsp3) is 0.211.